The second-order valence-corrected chi connectivity index (χ2v) is 4.45. The van der Waals surface area contributed by atoms with Gasteiger partial charge in [0.15, 0.2) is 0 Å². The van der Waals surface area contributed by atoms with Gasteiger partial charge in [-0.25, -0.2) is 0 Å². The zero-order chi connectivity index (χ0) is 12.4. The first-order valence-electron chi connectivity index (χ1n) is 5.87. The van der Waals surface area contributed by atoms with Crippen LogP contribution in [0.4, 0.5) is 0 Å². The van der Waals surface area contributed by atoms with Crippen LogP contribution in [0, 0.1) is 17.2 Å². The summed E-state index contributed by atoms with van der Waals surface area (Å²) in [5, 5.41) is 17.0. The predicted molar refractivity (Wildman–Crippen MR) is 63.0 cm³/mol. The van der Waals surface area contributed by atoms with Gasteiger partial charge in [0.1, 0.15) is 0 Å². The van der Waals surface area contributed by atoms with Crippen LogP contribution in [0.25, 0.3) is 0 Å². The Morgan fingerprint density at radius 3 is 2.56 bits per heavy atom. The van der Waals surface area contributed by atoms with Gasteiger partial charge in [0, 0.05) is 25.9 Å². The molecule has 0 amide bonds. The van der Waals surface area contributed by atoms with Crippen LogP contribution in [-0.2, 0) is 4.79 Å². The van der Waals surface area contributed by atoms with Crippen LogP contribution < -0.4 is 0 Å². The van der Waals surface area contributed by atoms with Crippen molar-refractivity contribution >= 4 is 5.97 Å². The Morgan fingerprint density at radius 1 is 1.38 bits per heavy atom. The van der Waals surface area contributed by atoms with Crippen LogP contribution >= 0.6 is 0 Å². The highest BCUT2D eigenvalue weighted by atomic mass is 16.4. The Bertz CT molecular complexity index is 234. The van der Waals surface area contributed by atoms with E-state index in [-0.39, 0.29) is 6.42 Å². The molecule has 0 saturated carbocycles. The van der Waals surface area contributed by atoms with E-state index in [0.717, 1.165) is 32.5 Å². The molecule has 16 heavy (non-hydrogen) atoms. The standard InChI is InChI=1S/C12H22N2O2/c1-11(2)10-14(9-5-7-13)8-4-3-6-12(15)16/h11H,3-6,8-10H2,1-2H3,(H,15,16). The molecular formula is C12H22N2O2. The largest absolute Gasteiger partial charge is 0.481 e. The monoisotopic (exact) mass is 226 g/mol. The molecule has 0 unspecified atom stereocenters. The lowest BCUT2D eigenvalue weighted by Crippen LogP contribution is -2.29. The summed E-state index contributed by atoms with van der Waals surface area (Å²) in [7, 11) is 0. The van der Waals surface area contributed by atoms with Crippen LogP contribution in [0.3, 0.4) is 0 Å². The van der Waals surface area contributed by atoms with Gasteiger partial charge in [0.05, 0.1) is 6.07 Å². The number of carbonyl (C=O) groups is 1. The molecule has 4 nitrogen and oxygen atoms in total. The van der Waals surface area contributed by atoms with Crippen molar-refractivity contribution in [3.8, 4) is 6.07 Å². The van der Waals surface area contributed by atoms with Crippen LogP contribution in [-0.4, -0.2) is 35.6 Å². The van der Waals surface area contributed by atoms with Gasteiger partial charge in [-0.1, -0.05) is 13.8 Å². The topological polar surface area (TPSA) is 64.3 Å². The fourth-order valence-electron chi connectivity index (χ4n) is 1.63. The quantitative estimate of drug-likeness (QED) is 0.612. The maximum absolute atomic E-state index is 10.3. The normalized spacial score (nSPS) is 10.7. The number of hydrogen-bond acceptors (Lipinski definition) is 3. The number of aliphatic carboxylic acids is 1. The van der Waals surface area contributed by atoms with E-state index >= 15 is 0 Å². The molecule has 0 aliphatic heterocycles. The SMILES string of the molecule is CC(C)CN(CCC#N)CCCCC(=O)O. The molecule has 0 aromatic rings. The summed E-state index contributed by atoms with van der Waals surface area (Å²) < 4.78 is 0. The summed E-state index contributed by atoms with van der Waals surface area (Å²) in [5.41, 5.74) is 0. The zero-order valence-corrected chi connectivity index (χ0v) is 10.3. The Hall–Kier alpha value is -1.08. The van der Waals surface area contributed by atoms with Crippen molar-refractivity contribution in [2.75, 3.05) is 19.6 Å². The molecule has 0 radical (unpaired) electrons. The smallest absolute Gasteiger partial charge is 0.303 e. The van der Waals surface area contributed by atoms with Gasteiger partial charge < -0.3 is 10.0 Å². The molecule has 0 heterocycles. The highest BCUT2D eigenvalue weighted by molar-refractivity contribution is 5.66. The maximum atomic E-state index is 10.3. The molecule has 0 atom stereocenters. The second kappa shape index (κ2) is 9.17. The molecule has 0 aromatic heterocycles. The first-order chi connectivity index (χ1) is 7.56. The number of carboxylic acid groups (broad SMARTS) is 1. The first kappa shape index (κ1) is 14.9. The third kappa shape index (κ3) is 9.47. The second-order valence-electron chi connectivity index (χ2n) is 4.45. The lowest BCUT2D eigenvalue weighted by Gasteiger charge is -2.22. The Morgan fingerprint density at radius 2 is 2.06 bits per heavy atom. The zero-order valence-electron chi connectivity index (χ0n) is 10.3. The van der Waals surface area contributed by atoms with Crippen molar-refractivity contribution in [2.24, 2.45) is 5.92 Å². The van der Waals surface area contributed by atoms with Crippen molar-refractivity contribution in [2.45, 2.75) is 39.5 Å². The molecule has 0 aliphatic carbocycles. The molecule has 0 aliphatic rings. The number of nitrogens with zero attached hydrogens (tertiary/aromatic N) is 2. The van der Waals surface area contributed by atoms with E-state index in [1.54, 1.807) is 0 Å². The summed E-state index contributed by atoms with van der Waals surface area (Å²) >= 11 is 0. The minimum absolute atomic E-state index is 0.244. The molecular weight excluding hydrogens is 204 g/mol. The first-order valence-corrected chi connectivity index (χ1v) is 5.87. The fourth-order valence-corrected chi connectivity index (χ4v) is 1.63. The van der Waals surface area contributed by atoms with E-state index < -0.39 is 5.97 Å². The summed E-state index contributed by atoms with van der Waals surface area (Å²) in [5.74, 6) is -0.148. The van der Waals surface area contributed by atoms with Crippen LogP contribution in [0.5, 0.6) is 0 Å². The highest BCUT2D eigenvalue weighted by Gasteiger charge is 2.07. The Kier molecular flexibility index (Phi) is 8.55. The van der Waals surface area contributed by atoms with Crippen LogP contribution in [0.1, 0.15) is 39.5 Å². The van der Waals surface area contributed by atoms with Crippen LogP contribution in [0.15, 0.2) is 0 Å². The number of hydrogen-bond donors (Lipinski definition) is 1. The van der Waals surface area contributed by atoms with Crippen molar-refractivity contribution in [1.82, 2.24) is 4.90 Å². The minimum Gasteiger partial charge on any atom is -0.481 e. The molecule has 0 bridgehead atoms. The van der Waals surface area contributed by atoms with Crippen LogP contribution in [0.2, 0.25) is 0 Å². The van der Waals surface area contributed by atoms with E-state index in [1.807, 2.05) is 0 Å². The van der Waals surface area contributed by atoms with Gasteiger partial charge in [-0.15, -0.1) is 0 Å². The molecule has 0 rings (SSSR count). The summed E-state index contributed by atoms with van der Waals surface area (Å²) in [6.07, 6.45) is 2.40. The number of carboxylic acids is 1. The van der Waals surface area contributed by atoms with Gasteiger partial charge in [0.25, 0.3) is 0 Å². The van der Waals surface area contributed by atoms with E-state index in [9.17, 15) is 4.79 Å². The molecule has 0 spiro atoms. The fraction of sp³-hybridized carbons (Fsp3) is 0.833. The van der Waals surface area contributed by atoms with E-state index in [4.69, 9.17) is 10.4 Å². The average Bonchev–Trinajstić information content (AvgIpc) is 2.19. The third-order valence-electron chi connectivity index (χ3n) is 2.28. The third-order valence-corrected chi connectivity index (χ3v) is 2.28. The van der Waals surface area contributed by atoms with Crippen molar-refractivity contribution in [1.29, 1.82) is 5.26 Å². The van der Waals surface area contributed by atoms with Gasteiger partial charge in [-0.2, -0.15) is 5.26 Å². The number of unbranched alkanes of at least 4 members (excludes halogenated alkanes) is 1. The van der Waals surface area contributed by atoms with Crippen molar-refractivity contribution in [3.05, 3.63) is 0 Å². The average molecular weight is 226 g/mol. The van der Waals surface area contributed by atoms with Crippen molar-refractivity contribution < 1.29 is 9.90 Å². The van der Waals surface area contributed by atoms with Crippen molar-refractivity contribution in [3.63, 3.8) is 0 Å². The molecule has 92 valence electrons. The predicted octanol–water partition coefficient (Wildman–Crippen LogP) is 2.11. The molecule has 0 fully saturated rings. The van der Waals surface area contributed by atoms with E-state index in [2.05, 4.69) is 24.8 Å². The molecule has 0 aromatic carbocycles. The highest BCUT2D eigenvalue weighted by Crippen LogP contribution is 2.04. The minimum atomic E-state index is -0.729. The lowest BCUT2D eigenvalue weighted by molar-refractivity contribution is -0.137. The number of nitriles is 1. The van der Waals surface area contributed by atoms with E-state index in [0.29, 0.717) is 12.3 Å². The Balaban J connectivity index is 3.73. The van der Waals surface area contributed by atoms with Gasteiger partial charge in [-0.05, 0) is 25.3 Å². The molecule has 1 N–H and O–H groups in total. The Labute approximate surface area is 97.9 Å². The lowest BCUT2D eigenvalue weighted by atomic mass is 10.1. The maximum Gasteiger partial charge on any atom is 0.303 e. The summed E-state index contributed by atoms with van der Waals surface area (Å²) in [4.78, 5) is 12.6. The summed E-state index contributed by atoms with van der Waals surface area (Å²) in [6.45, 7) is 6.97. The van der Waals surface area contributed by atoms with E-state index in [1.165, 1.54) is 0 Å². The molecule has 4 heteroatoms. The van der Waals surface area contributed by atoms with Gasteiger partial charge in [-0.3, -0.25) is 4.79 Å². The van der Waals surface area contributed by atoms with Gasteiger partial charge >= 0.3 is 5.97 Å². The number of rotatable bonds is 9. The summed E-state index contributed by atoms with van der Waals surface area (Å²) in [6, 6.07) is 2.14. The van der Waals surface area contributed by atoms with Gasteiger partial charge in [0.2, 0.25) is 0 Å². The molecule has 0 saturated heterocycles.